The number of hydrogen-bond acceptors (Lipinski definition) is 3. The van der Waals surface area contributed by atoms with E-state index in [-0.39, 0.29) is 5.02 Å². The maximum atomic E-state index is 13.0. The van der Waals surface area contributed by atoms with Crippen molar-refractivity contribution in [2.45, 2.75) is 0 Å². The summed E-state index contributed by atoms with van der Waals surface area (Å²) >= 11 is 10.9. The molecule has 104 valence electrons. The highest BCUT2D eigenvalue weighted by atomic mass is 35.5. The van der Waals surface area contributed by atoms with Crippen molar-refractivity contribution < 1.29 is 4.39 Å². The minimum absolute atomic E-state index is 0.0763. The molecule has 2 N–H and O–H groups in total. The molecular formula is C12H16ClFN4S. The molecule has 1 aliphatic rings. The molecule has 0 saturated carbocycles. The summed E-state index contributed by atoms with van der Waals surface area (Å²) in [6.45, 7) is 3.81. The highest BCUT2D eigenvalue weighted by molar-refractivity contribution is 7.80. The van der Waals surface area contributed by atoms with Crippen LogP contribution in [0.2, 0.25) is 5.02 Å². The van der Waals surface area contributed by atoms with Gasteiger partial charge in [-0.2, -0.15) is 0 Å². The Bertz CT molecular complexity index is 463. The van der Waals surface area contributed by atoms with E-state index in [9.17, 15) is 4.39 Å². The van der Waals surface area contributed by atoms with E-state index < -0.39 is 5.82 Å². The van der Waals surface area contributed by atoms with Crippen molar-refractivity contribution in [2.75, 3.05) is 38.5 Å². The Morgan fingerprint density at radius 2 is 2.00 bits per heavy atom. The fourth-order valence-corrected chi connectivity index (χ4v) is 2.22. The molecule has 1 aromatic rings. The molecule has 0 aliphatic carbocycles. The molecule has 0 aromatic heterocycles. The fourth-order valence-electron chi connectivity index (χ4n) is 1.79. The van der Waals surface area contributed by atoms with Gasteiger partial charge in [-0.1, -0.05) is 11.6 Å². The first kappa shape index (κ1) is 14.5. The Morgan fingerprint density at radius 3 is 2.63 bits per heavy atom. The van der Waals surface area contributed by atoms with Gasteiger partial charge in [-0.15, -0.1) is 0 Å². The van der Waals surface area contributed by atoms with Crippen LogP contribution in [0.4, 0.5) is 10.1 Å². The summed E-state index contributed by atoms with van der Waals surface area (Å²) in [7, 11) is 2.09. The molecule has 0 atom stereocenters. The van der Waals surface area contributed by atoms with E-state index in [0.717, 1.165) is 26.2 Å². The number of thiocarbonyl (C=S) groups is 1. The van der Waals surface area contributed by atoms with Crippen molar-refractivity contribution >= 4 is 34.6 Å². The minimum Gasteiger partial charge on any atom is -0.332 e. The van der Waals surface area contributed by atoms with Gasteiger partial charge in [0.2, 0.25) is 0 Å². The second kappa shape index (κ2) is 6.47. The average Bonchev–Trinajstić information content (AvgIpc) is 2.37. The van der Waals surface area contributed by atoms with Crippen molar-refractivity contribution in [3.8, 4) is 0 Å². The number of anilines is 1. The van der Waals surface area contributed by atoms with E-state index in [2.05, 4.69) is 27.7 Å². The van der Waals surface area contributed by atoms with Gasteiger partial charge in [-0.25, -0.2) is 9.40 Å². The predicted octanol–water partition coefficient (Wildman–Crippen LogP) is 1.93. The smallest absolute Gasteiger partial charge is 0.185 e. The van der Waals surface area contributed by atoms with E-state index >= 15 is 0 Å². The Kier molecular flexibility index (Phi) is 4.93. The number of hydrogen-bond donors (Lipinski definition) is 2. The van der Waals surface area contributed by atoms with Gasteiger partial charge in [0, 0.05) is 31.9 Å². The number of piperazine rings is 1. The Hall–Kier alpha value is -0.950. The number of likely N-dealkylation sites (N-methyl/N-ethyl adjacent to an activating group) is 1. The Morgan fingerprint density at radius 1 is 1.32 bits per heavy atom. The summed E-state index contributed by atoms with van der Waals surface area (Å²) in [5.74, 6) is -0.440. The number of benzene rings is 1. The lowest BCUT2D eigenvalue weighted by molar-refractivity contribution is 0.131. The van der Waals surface area contributed by atoms with Crippen LogP contribution in [0, 0.1) is 5.82 Å². The minimum atomic E-state index is -0.440. The monoisotopic (exact) mass is 302 g/mol. The normalized spacial score (nSPS) is 17.2. The van der Waals surface area contributed by atoms with E-state index in [1.165, 1.54) is 12.1 Å². The third kappa shape index (κ3) is 4.28. The molecule has 0 radical (unpaired) electrons. The van der Waals surface area contributed by atoms with Crippen LogP contribution < -0.4 is 10.7 Å². The van der Waals surface area contributed by atoms with E-state index in [0.29, 0.717) is 10.8 Å². The molecule has 2 rings (SSSR count). The van der Waals surface area contributed by atoms with Crippen LogP contribution in [-0.4, -0.2) is 48.2 Å². The zero-order valence-corrected chi connectivity index (χ0v) is 12.2. The molecular weight excluding hydrogens is 287 g/mol. The molecule has 0 bridgehead atoms. The van der Waals surface area contributed by atoms with Crippen LogP contribution in [0.5, 0.6) is 0 Å². The number of nitrogens with one attached hydrogen (secondary N) is 2. The van der Waals surface area contributed by atoms with Gasteiger partial charge in [0.25, 0.3) is 0 Å². The van der Waals surface area contributed by atoms with Gasteiger partial charge < -0.3 is 10.2 Å². The quantitative estimate of drug-likeness (QED) is 0.815. The first-order valence-electron chi connectivity index (χ1n) is 6.01. The van der Waals surface area contributed by atoms with E-state index in [1.807, 2.05) is 0 Å². The highest BCUT2D eigenvalue weighted by Gasteiger charge is 2.14. The predicted molar refractivity (Wildman–Crippen MR) is 79.8 cm³/mol. The summed E-state index contributed by atoms with van der Waals surface area (Å²) in [5, 5.41) is 5.59. The lowest BCUT2D eigenvalue weighted by Gasteiger charge is -2.33. The second-order valence-corrected chi connectivity index (χ2v) is 5.30. The number of hydrazine groups is 1. The first-order chi connectivity index (χ1) is 9.04. The van der Waals surface area contributed by atoms with Gasteiger partial charge >= 0.3 is 0 Å². The highest BCUT2D eigenvalue weighted by Crippen LogP contribution is 2.19. The maximum absolute atomic E-state index is 13.0. The third-order valence-corrected chi connectivity index (χ3v) is 3.42. The molecule has 0 unspecified atom stereocenters. The topological polar surface area (TPSA) is 30.5 Å². The molecule has 4 nitrogen and oxygen atoms in total. The summed E-state index contributed by atoms with van der Waals surface area (Å²) < 4.78 is 13.0. The van der Waals surface area contributed by atoms with E-state index in [4.69, 9.17) is 23.8 Å². The second-order valence-electron chi connectivity index (χ2n) is 4.49. The SMILES string of the molecule is CN1CCN(NC(=S)Nc2ccc(F)c(Cl)c2)CC1. The van der Waals surface area contributed by atoms with Gasteiger partial charge in [0.15, 0.2) is 5.11 Å². The molecule has 1 saturated heterocycles. The first-order valence-corrected chi connectivity index (χ1v) is 6.79. The maximum Gasteiger partial charge on any atom is 0.185 e. The Balaban J connectivity index is 1.85. The largest absolute Gasteiger partial charge is 0.332 e. The number of rotatable bonds is 2. The molecule has 0 amide bonds. The van der Waals surface area contributed by atoms with Gasteiger partial charge in [0.05, 0.1) is 5.02 Å². The van der Waals surface area contributed by atoms with E-state index in [1.54, 1.807) is 6.07 Å². The van der Waals surface area contributed by atoms with Crippen molar-refractivity contribution in [1.82, 2.24) is 15.3 Å². The van der Waals surface area contributed by atoms with Gasteiger partial charge in [-0.05, 0) is 37.5 Å². The summed E-state index contributed by atoms with van der Waals surface area (Å²) in [4.78, 5) is 2.26. The van der Waals surface area contributed by atoms with Crippen LogP contribution >= 0.6 is 23.8 Å². The summed E-state index contributed by atoms with van der Waals surface area (Å²) in [6.07, 6.45) is 0. The lowest BCUT2D eigenvalue weighted by atomic mass is 10.3. The lowest BCUT2D eigenvalue weighted by Crippen LogP contribution is -2.53. The van der Waals surface area contributed by atoms with Crippen molar-refractivity contribution in [3.05, 3.63) is 29.0 Å². The Labute approximate surface area is 122 Å². The standard InChI is InChI=1S/C12H16ClFN4S/c1-17-4-6-18(7-5-17)16-12(19)15-9-2-3-11(14)10(13)8-9/h2-3,8H,4-7H2,1H3,(H2,15,16,19). The fraction of sp³-hybridized carbons (Fsp3) is 0.417. The van der Waals surface area contributed by atoms with Crippen molar-refractivity contribution in [2.24, 2.45) is 0 Å². The van der Waals surface area contributed by atoms with Gasteiger partial charge in [-0.3, -0.25) is 5.43 Å². The molecule has 7 heteroatoms. The molecule has 19 heavy (non-hydrogen) atoms. The molecule has 1 fully saturated rings. The molecule has 0 spiro atoms. The van der Waals surface area contributed by atoms with Crippen molar-refractivity contribution in [1.29, 1.82) is 0 Å². The van der Waals surface area contributed by atoms with Crippen molar-refractivity contribution in [3.63, 3.8) is 0 Å². The average molecular weight is 303 g/mol. The molecule has 1 aliphatic heterocycles. The number of halogens is 2. The van der Waals surface area contributed by atoms with Crippen LogP contribution in [0.15, 0.2) is 18.2 Å². The molecule has 1 aromatic carbocycles. The van der Waals surface area contributed by atoms with Crippen LogP contribution in [0.1, 0.15) is 0 Å². The zero-order valence-electron chi connectivity index (χ0n) is 10.6. The van der Waals surface area contributed by atoms with Crippen LogP contribution in [0.3, 0.4) is 0 Å². The van der Waals surface area contributed by atoms with Crippen LogP contribution in [0.25, 0.3) is 0 Å². The number of nitrogens with zero attached hydrogens (tertiary/aromatic N) is 2. The zero-order chi connectivity index (χ0) is 13.8. The summed E-state index contributed by atoms with van der Waals surface area (Å²) in [6, 6.07) is 4.41. The molecule has 1 heterocycles. The summed E-state index contributed by atoms with van der Waals surface area (Å²) in [5.41, 5.74) is 3.78. The third-order valence-electron chi connectivity index (χ3n) is 2.94. The van der Waals surface area contributed by atoms with Gasteiger partial charge in [0.1, 0.15) is 5.82 Å². The van der Waals surface area contributed by atoms with Crippen LogP contribution in [-0.2, 0) is 0 Å².